The fourth-order valence-corrected chi connectivity index (χ4v) is 3.75. The molecule has 0 aliphatic heterocycles. The Labute approximate surface area is 183 Å². The van der Waals surface area contributed by atoms with Crippen molar-refractivity contribution >= 4 is 39.3 Å². The molecule has 0 aliphatic rings. The number of aryl methyl sites for hydroxylation is 2. The van der Waals surface area contributed by atoms with Crippen LogP contribution in [0.25, 0.3) is 0 Å². The van der Waals surface area contributed by atoms with Crippen LogP contribution in [-0.2, 0) is 11.8 Å². The summed E-state index contributed by atoms with van der Waals surface area (Å²) >= 11 is 4.76. The van der Waals surface area contributed by atoms with E-state index in [-0.39, 0.29) is 17.8 Å². The Bertz CT molecular complexity index is 1000. The standard InChI is InChI=1S/C21H23BrN4O2S/c1-13-5-6-14(2)18(11-13)23-19(27)12-29-21-25-24-20(26(21)4)15(3)28-17-9-7-16(22)8-10-17/h5-11,15H,12H2,1-4H3,(H,23,27). The molecule has 3 aromatic rings. The molecule has 8 heteroatoms. The minimum Gasteiger partial charge on any atom is -0.483 e. The van der Waals surface area contributed by atoms with Crippen molar-refractivity contribution in [1.82, 2.24) is 14.8 Å². The average Bonchev–Trinajstić information content (AvgIpc) is 3.05. The predicted octanol–water partition coefficient (Wildman–Crippen LogP) is 5.07. The molecule has 0 fully saturated rings. The molecule has 0 bridgehead atoms. The molecule has 0 saturated heterocycles. The Morgan fingerprint density at radius 3 is 2.66 bits per heavy atom. The van der Waals surface area contributed by atoms with Gasteiger partial charge in [-0.1, -0.05) is 39.8 Å². The predicted molar refractivity (Wildman–Crippen MR) is 119 cm³/mol. The molecule has 0 spiro atoms. The Kier molecular flexibility index (Phi) is 6.97. The summed E-state index contributed by atoms with van der Waals surface area (Å²) in [6.45, 7) is 5.90. The first kappa shape index (κ1) is 21.4. The Morgan fingerprint density at radius 1 is 1.21 bits per heavy atom. The van der Waals surface area contributed by atoms with Crippen LogP contribution in [0.2, 0.25) is 0 Å². The van der Waals surface area contributed by atoms with Gasteiger partial charge in [0, 0.05) is 17.2 Å². The summed E-state index contributed by atoms with van der Waals surface area (Å²) in [6, 6.07) is 13.6. The van der Waals surface area contributed by atoms with Crippen LogP contribution in [0.1, 0.15) is 30.0 Å². The topological polar surface area (TPSA) is 69.0 Å². The Balaban J connectivity index is 1.59. The summed E-state index contributed by atoms with van der Waals surface area (Å²) in [5.41, 5.74) is 2.98. The zero-order chi connectivity index (χ0) is 21.0. The largest absolute Gasteiger partial charge is 0.483 e. The number of hydrogen-bond donors (Lipinski definition) is 1. The number of hydrogen-bond acceptors (Lipinski definition) is 5. The summed E-state index contributed by atoms with van der Waals surface area (Å²) in [4.78, 5) is 12.4. The number of ether oxygens (including phenoxy) is 1. The molecule has 6 nitrogen and oxygen atoms in total. The zero-order valence-electron chi connectivity index (χ0n) is 16.8. The molecule has 1 heterocycles. The van der Waals surface area contributed by atoms with E-state index in [4.69, 9.17) is 4.74 Å². The number of thioether (sulfide) groups is 1. The van der Waals surface area contributed by atoms with Crippen molar-refractivity contribution in [2.45, 2.75) is 32.0 Å². The molecular weight excluding hydrogens is 452 g/mol. The van der Waals surface area contributed by atoms with Gasteiger partial charge in [-0.15, -0.1) is 10.2 Å². The van der Waals surface area contributed by atoms with Crippen LogP contribution >= 0.6 is 27.7 Å². The van der Waals surface area contributed by atoms with Crippen molar-refractivity contribution in [3.05, 3.63) is 63.9 Å². The number of aromatic nitrogens is 3. The van der Waals surface area contributed by atoms with Gasteiger partial charge in [0.05, 0.1) is 5.75 Å². The van der Waals surface area contributed by atoms with Crippen LogP contribution in [0.3, 0.4) is 0 Å². The molecule has 2 aromatic carbocycles. The van der Waals surface area contributed by atoms with Gasteiger partial charge < -0.3 is 14.6 Å². The van der Waals surface area contributed by atoms with Gasteiger partial charge in [0.25, 0.3) is 0 Å². The van der Waals surface area contributed by atoms with Crippen molar-refractivity contribution in [3.8, 4) is 5.75 Å². The SMILES string of the molecule is Cc1ccc(C)c(NC(=O)CSc2nnc(C(C)Oc3ccc(Br)cc3)n2C)c1. The lowest BCUT2D eigenvalue weighted by molar-refractivity contribution is -0.113. The first-order valence-corrected chi connectivity index (χ1v) is 10.9. The summed E-state index contributed by atoms with van der Waals surface area (Å²) in [5.74, 6) is 1.63. The molecule has 1 aromatic heterocycles. The van der Waals surface area contributed by atoms with E-state index in [0.29, 0.717) is 11.0 Å². The van der Waals surface area contributed by atoms with E-state index in [1.54, 1.807) is 0 Å². The number of nitrogens with zero attached hydrogens (tertiary/aromatic N) is 3. The number of benzene rings is 2. The molecule has 0 saturated carbocycles. The third kappa shape index (κ3) is 5.61. The van der Waals surface area contributed by atoms with E-state index >= 15 is 0 Å². The highest BCUT2D eigenvalue weighted by atomic mass is 79.9. The fraction of sp³-hybridized carbons (Fsp3) is 0.286. The first-order valence-electron chi connectivity index (χ1n) is 9.15. The molecule has 1 atom stereocenters. The lowest BCUT2D eigenvalue weighted by atomic mass is 10.1. The van der Waals surface area contributed by atoms with Crippen LogP contribution in [0.4, 0.5) is 5.69 Å². The van der Waals surface area contributed by atoms with Crippen molar-refractivity contribution in [3.63, 3.8) is 0 Å². The van der Waals surface area contributed by atoms with Crippen LogP contribution in [0, 0.1) is 13.8 Å². The van der Waals surface area contributed by atoms with Gasteiger partial charge in [0.15, 0.2) is 17.1 Å². The third-order valence-electron chi connectivity index (χ3n) is 4.36. The molecule has 1 amide bonds. The number of carbonyl (C=O) groups is 1. The van der Waals surface area contributed by atoms with E-state index in [9.17, 15) is 4.79 Å². The maximum Gasteiger partial charge on any atom is 0.234 e. The van der Waals surface area contributed by atoms with Crippen molar-refractivity contribution in [2.75, 3.05) is 11.1 Å². The highest BCUT2D eigenvalue weighted by Crippen LogP contribution is 2.25. The van der Waals surface area contributed by atoms with E-state index < -0.39 is 0 Å². The van der Waals surface area contributed by atoms with Gasteiger partial charge in [0.2, 0.25) is 5.91 Å². The second-order valence-corrected chi connectivity index (χ2v) is 8.63. The lowest BCUT2D eigenvalue weighted by Crippen LogP contribution is -2.15. The summed E-state index contributed by atoms with van der Waals surface area (Å²) in [7, 11) is 1.88. The molecule has 1 unspecified atom stereocenters. The van der Waals surface area contributed by atoms with Crippen molar-refractivity contribution in [2.24, 2.45) is 7.05 Å². The molecule has 0 radical (unpaired) electrons. The van der Waals surface area contributed by atoms with Crippen LogP contribution in [-0.4, -0.2) is 26.4 Å². The first-order chi connectivity index (χ1) is 13.8. The third-order valence-corrected chi connectivity index (χ3v) is 5.91. The minimum atomic E-state index is -0.271. The highest BCUT2D eigenvalue weighted by Gasteiger charge is 2.18. The fourth-order valence-electron chi connectivity index (χ4n) is 2.76. The van der Waals surface area contributed by atoms with Gasteiger partial charge in [-0.25, -0.2) is 0 Å². The number of amides is 1. The quantitative estimate of drug-likeness (QED) is 0.484. The number of carbonyl (C=O) groups excluding carboxylic acids is 1. The van der Waals surface area contributed by atoms with E-state index in [1.165, 1.54) is 11.8 Å². The van der Waals surface area contributed by atoms with Crippen LogP contribution < -0.4 is 10.1 Å². The van der Waals surface area contributed by atoms with Crippen molar-refractivity contribution < 1.29 is 9.53 Å². The zero-order valence-corrected chi connectivity index (χ0v) is 19.2. The second-order valence-electron chi connectivity index (χ2n) is 6.77. The van der Waals surface area contributed by atoms with E-state index in [2.05, 4.69) is 31.4 Å². The maximum absolute atomic E-state index is 12.4. The van der Waals surface area contributed by atoms with Crippen LogP contribution in [0.15, 0.2) is 52.1 Å². The van der Waals surface area contributed by atoms with Gasteiger partial charge in [-0.3, -0.25) is 4.79 Å². The number of rotatable bonds is 7. The van der Waals surface area contributed by atoms with Gasteiger partial charge in [-0.05, 0) is 62.2 Å². The van der Waals surface area contributed by atoms with Crippen LogP contribution in [0.5, 0.6) is 5.75 Å². The van der Waals surface area contributed by atoms with Gasteiger partial charge in [0.1, 0.15) is 5.75 Å². The number of nitrogens with one attached hydrogen (secondary N) is 1. The molecule has 29 heavy (non-hydrogen) atoms. The molecule has 152 valence electrons. The van der Waals surface area contributed by atoms with Gasteiger partial charge >= 0.3 is 0 Å². The maximum atomic E-state index is 12.4. The normalized spacial score (nSPS) is 11.9. The second kappa shape index (κ2) is 9.45. The lowest BCUT2D eigenvalue weighted by Gasteiger charge is -2.14. The van der Waals surface area contributed by atoms with E-state index in [0.717, 1.165) is 27.0 Å². The molecular formula is C21H23BrN4O2S. The smallest absolute Gasteiger partial charge is 0.234 e. The molecule has 0 aliphatic carbocycles. The Hall–Kier alpha value is -2.32. The number of halogens is 1. The number of anilines is 1. The average molecular weight is 475 g/mol. The Morgan fingerprint density at radius 2 is 1.93 bits per heavy atom. The molecule has 1 N–H and O–H groups in total. The monoisotopic (exact) mass is 474 g/mol. The summed E-state index contributed by atoms with van der Waals surface area (Å²) < 4.78 is 8.80. The van der Waals surface area contributed by atoms with Crippen molar-refractivity contribution in [1.29, 1.82) is 0 Å². The summed E-state index contributed by atoms with van der Waals surface area (Å²) in [5, 5.41) is 12.1. The van der Waals surface area contributed by atoms with E-state index in [1.807, 2.05) is 74.9 Å². The van der Waals surface area contributed by atoms with Gasteiger partial charge in [-0.2, -0.15) is 0 Å². The summed E-state index contributed by atoms with van der Waals surface area (Å²) in [6.07, 6.45) is -0.271. The highest BCUT2D eigenvalue weighted by molar-refractivity contribution is 9.10. The molecule has 3 rings (SSSR count). The minimum absolute atomic E-state index is 0.0765.